The van der Waals surface area contributed by atoms with Gasteiger partial charge in [0.1, 0.15) is 16.9 Å². The van der Waals surface area contributed by atoms with E-state index in [-0.39, 0.29) is 23.5 Å². The zero-order valence-corrected chi connectivity index (χ0v) is 16.0. The normalized spacial score (nSPS) is 26.2. The van der Waals surface area contributed by atoms with Crippen molar-refractivity contribution in [3.05, 3.63) is 16.0 Å². The first-order valence-corrected chi connectivity index (χ1v) is 10.1. The van der Waals surface area contributed by atoms with E-state index < -0.39 is 0 Å². The molecule has 0 aliphatic heterocycles. The van der Waals surface area contributed by atoms with Gasteiger partial charge in [0.15, 0.2) is 0 Å². The minimum absolute atomic E-state index is 0.0325. The van der Waals surface area contributed by atoms with Crippen LogP contribution in [0.25, 0.3) is 0 Å². The first-order valence-electron chi connectivity index (χ1n) is 9.28. The van der Waals surface area contributed by atoms with Gasteiger partial charge in [-0.1, -0.05) is 20.8 Å². The van der Waals surface area contributed by atoms with E-state index in [9.17, 15) is 14.9 Å². The maximum atomic E-state index is 12.6. The molecule has 1 N–H and O–H groups in total. The summed E-state index contributed by atoms with van der Waals surface area (Å²) in [7, 11) is 0. The maximum absolute atomic E-state index is 12.6. The minimum Gasteiger partial charge on any atom is -0.316 e. The Morgan fingerprint density at radius 3 is 2.72 bits per heavy atom. The van der Waals surface area contributed by atoms with Crippen LogP contribution in [0.3, 0.4) is 0 Å². The summed E-state index contributed by atoms with van der Waals surface area (Å²) in [6.45, 7) is 6.41. The van der Waals surface area contributed by atoms with Crippen LogP contribution in [-0.2, 0) is 22.4 Å². The number of nitrogens with one attached hydrogen (secondary N) is 1. The molecule has 5 heteroatoms. The Kier molecular flexibility index (Phi) is 5.29. The lowest BCUT2D eigenvalue weighted by Crippen LogP contribution is -2.31. The molecule has 3 atom stereocenters. The lowest BCUT2D eigenvalue weighted by Gasteiger charge is -2.25. The number of anilines is 1. The van der Waals surface area contributed by atoms with Gasteiger partial charge in [-0.15, -0.1) is 11.3 Å². The fourth-order valence-electron chi connectivity index (χ4n) is 4.08. The second kappa shape index (κ2) is 7.29. The van der Waals surface area contributed by atoms with Crippen molar-refractivity contribution >= 4 is 28.0 Å². The third kappa shape index (κ3) is 3.64. The van der Waals surface area contributed by atoms with Crippen molar-refractivity contribution in [2.75, 3.05) is 5.32 Å². The first-order chi connectivity index (χ1) is 11.9. The van der Waals surface area contributed by atoms with Gasteiger partial charge in [0.2, 0.25) is 5.91 Å². The molecule has 1 heterocycles. The summed E-state index contributed by atoms with van der Waals surface area (Å²) in [5.74, 6) is 1.36. The van der Waals surface area contributed by atoms with Gasteiger partial charge in [0.05, 0.1) is 5.56 Å². The Bertz CT molecular complexity index is 729. The Balaban J connectivity index is 1.76. The van der Waals surface area contributed by atoms with Gasteiger partial charge in [-0.25, -0.2) is 0 Å². The number of ketones is 1. The van der Waals surface area contributed by atoms with E-state index in [1.807, 2.05) is 6.92 Å². The van der Waals surface area contributed by atoms with Crippen LogP contribution >= 0.6 is 11.3 Å². The molecule has 0 spiro atoms. The number of amides is 1. The van der Waals surface area contributed by atoms with Gasteiger partial charge in [0.25, 0.3) is 0 Å². The Morgan fingerprint density at radius 2 is 2.08 bits per heavy atom. The quantitative estimate of drug-likeness (QED) is 0.874. The van der Waals surface area contributed by atoms with Crippen LogP contribution in [0.4, 0.5) is 5.00 Å². The Labute approximate surface area is 153 Å². The van der Waals surface area contributed by atoms with Crippen molar-refractivity contribution in [3.63, 3.8) is 0 Å². The SMILES string of the molecule is CC1CC(C(=O)Nc2sc3c(c2C#N)CCC(C(C)C)C3)CCC1=O. The molecule has 0 aromatic carbocycles. The third-order valence-electron chi connectivity index (χ3n) is 5.89. The van der Waals surface area contributed by atoms with Gasteiger partial charge in [-0.3, -0.25) is 9.59 Å². The molecule has 1 saturated carbocycles. The zero-order valence-electron chi connectivity index (χ0n) is 15.2. The lowest BCUT2D eigenvalue weighted by atomic mass is 9.80. The van der Waals surface area contributed by atoms with E-state index in [1.54, 1.807) is 11.3 Å². The first kappa shape index (κ1) is 18.1. The predicted molar refractivity (Wildman–Crippen MR) is 99.5 cm³/mol. The highest BCUT2D eigenvalue weighted by Crippen LogP contribution is 2.41. The Morgan fingerprint density at radius 1 is 1.32 bits per heavy atom. The fraction of sp³-hybridized carbons (Fsp3) is 0.650. The second-order valence-corrected chi connectivity index (χ2v) is 9.00. The number of rotatable bonds is 3. The van der Waals surface area contributed by atoms with Crippen molar-refractivity contribution in [3.8, 4) is 6.07 Å². The zero-order chi connectivity index (χ0) is 18.1. The van der Waals surface area contributed by atoms with Gasteiger partial charge < -0.3 is 5.32 Å². The number of hydrogen-bond acceptors (Lipinski definition) is 4. The number of carbonyl (C=O) groups is 2. The summed E-state index contributed by atoms with van der Waals surface area (Å²) in [4.78, 5) is 25.6. The molecule has 4 nitrogen and oxygen atoms in total. The second-order valence-electron chi connectivity index (χ2n) is 7.89. The molecule has 3 unspecified atom stereocenters. The monoisotopic (exact) mass is 358 g/mol. The van der Waals surface area contributed by atoms with Gasteiger partial charge in [0, 0.05) is 23.1 Å². The third-order valence-corrected chi connectivity index (χ3v) is 7.06. The number of carbonyl (C=O) groups excluding carboxylic acids is 2. The number of thiophene rings is 1. The summed E-state index contributed by atoms with van der Waals surface area (Å²) in [5.41, 5.74) is 1.81. The van der Waals surface area contributed by atoms with Crippen molar-refractivity contribution in [1.29, 1.82) is 5.26 Å². The molecule has 0 saturated heterocycles. The molecule has 2 aliphatic carbocycles. The average Bonchev–Trinajstić information content (AvgIpc) is 2.93. The lowest BCUT2D eigenvalue weighted by molar-refractivity contribution is -0.128. The summed E-state index contributed by atoms with van der Waals surface area (Å²) in [5, 5.41) is 13.3. The molecular weight excluding hydrogens is 332 g/mol. The molecule has 3 rings (SSSR count). The topological polar surface area (TPSA) is 70.0 Å². The van der Waals surface area contributed by atoms with Gasteiger partial charge in [-0.05, 0) is 49.5 Å². The Hall–Kier alpha value is -1.67. The standard InChI is InChI=1S/C20H26N2O2S/c1-11(2)13-4-6-15-16(10-21)20(25-18(15)9-13)22-19(24)14-5-7-17(23)12(3)8-14/h11-14H,4-9H2,1-3H3,(H,22,24). The van der Waals surface area contributed by atoms with Crippen LogP contribution in [0.2, 0.25) is 0 Å². The van der Waals surface area contributed by atoms with Crippen molar-refractivity contribution in [2.24, 2.45) is 23.7 Å². The molecule has 1 aromatic heterocycles. The fourth-order valence-corrected chi connectivity index (χ4v) is 5.37. The number of fused-ring (bicyclic) bond motifs is 1. The van der Waals surface area contributed by atoms with E-state index in [2.05, 4.69) is 25.2 Å². The molecule has 134 valence electrons. The molecule has 1 fully saturated rings. The van der Waals surface area contributed by atoms with E-state index in [4.69, 9.17) is 0 Å². The number of Topliss-reactive ketones (excluding diaryl/α,β-unsaturated/α-hetero) is 1. The van der Waals surface area contributed by atoms with Crippen LogP contribution in [0.5, 0.6) is 0 Å². The summed E-state index contributed by atoms with van der Waals surface area (Å²) in [6.07, 6.45) is 4.79. The van der Waals surface area contributed by atoms with E-state index in [0.29, 0.717) is 41.7 Å². The summed E-state index contributed by atoms with van der Waals surface area (Å²) >= 11 is 1.58. The predicted octanol–water partition coefficient (Wildman–Crippen LogP) is 4.32. The average molecular weight is 359 g/mol. The van der Waals surface area contributed by atoms with E-state index in [0.717, 1.165) is 24.8 Å². The van der Waals surface area contributed by atoms with Crippen molar-refractivity contribution in [1.82, 2.24) is 0 Å². The molecule has 1 amide bonds. The number of nitriles is 1. The minimum atomic E-state index is -0.123. The van der Waals surface area contributed by atoms with Crippen LogP contribution in [-0.4, -0.2) is 11.7 Å². The highest BCUT2D eigenvalue weighted by atomic mass is 32.1. The summed E-state index contributed by atoms with van der Waals surface area (Å²) < 4.78 is 0. The molecule has 2 aliphatic rings. The number of nitrogens with zero attached hydrogens (tertiary/aromatic N) is 1. The van der Waals surface area contributed by atoms with Crippen LogP contribution in [0, 0.1) is 35.0 Å². The van der Waals surface area contributed by atoms with Gasteiger partial charge >= 0.3 is 0 Å². The molecule has 25 heavy (non-hydrogen) atoms. The highest BCUT2D eigenvalue weighted by molar-refractivity contribution is 7.16. The van der Waals surface area contributed by atoms with Crippen LogP contribution < -0.4 is 5.32 Å². The molecule has 1 aromatic rings. The van der Waals surface area contributed by atoms with E-state index >= 15 is 0 Å². The summed E-state index contributed by atoms with van der Waals surface area (Å²) in [6, 6.07) is 2.31. The smallest absolute Gasteiger partial charge is 0.228 e. The molecule has 0 radical (unpaired) electrons. The number of hydrogen-bond donors (Lipinski definition) is 1. The molecule has 0 bridgehead atoms. The highest BCUT2D eigenvalue weighted by Gasteiger charge is 2.32. The maximum Gasteiger partial charge on any atom is 0.228 e. The van der Waals surface area contributed by atoms with E-state index in [1.165, 1.54) is 4.88 Å². The van der Waals surface area contributed by atoms with Crippen molar-refractivity contribution < 1.29 is 9.59 Å². The largest absolute Gasteiger partial charge is 0.316 e. The van der Waals surface area contributed by atoms with Crippen molar-refractivity contribution in [2.45, 2.75) is 59.3 Å². The van der Waals surface area contributed by atoms with Crippen LogP contribution in [0.15, 0.2) is 0 Å². The molecular formula is C20H26N2O2S. The van der Waals surface area contributed by atoms with Crippen LogP contribution in [0.1, 0.15) is 62.5 Å². The van der Waals surface area contributed by atoms with Gasteiger partial charge in [-0.2, -0.15) is 5.26 Å².